The Kier molecular flexibility index (Phi) is 4.87. The number of amides is 1. The zero-order valence-electron chi connectivity index (χ0n) is 13.1. The Morgan fingerprint density at radius 2 is 1.50 bits per heavy atom. The molecule has 0 aliphatic carbocycles. The van der Waals surface area contributed by atoms with E-state index >= 15 is 0 Å². The second-order valence-electron chi connectivity index (χ2n) is 5.57. The van der Waals surface area contributed by atoms with E-state index < -0.39 is 0 Å². The van der Waals surface area contributed by atoms with Gasteiger partial charge < -0.3 is 10.5 Å². The predicted octanol–water partition coefficient (Wildman–Crippen LogP) is 3.03. The number of rotatable bonds is 5. The average Bonchev–Trinajstić information content (AvgIpc) is 2.63. The summed E-state index contributed by atoms with van der Waals surface area (Å²) in [5, 5.41) is 14.2. The van der Waals surface area contributed by atoms with Gasteiger partial charge >= 0.3 is 0 Å². The highest BCUT2D eigenvalue weighted by Crippen LogP contribution is 2.19. The summed E-state index contributed by atoms with van der Waals surface area (Å²) in [5.74, 6) is -0.194. The molecule has 0 aliphatic rings. The van der Waals surface area contributed by atoms with Crippen LogP contribution in [0.15, 0.2) is 85.2 Å². The zero-order valence-corrected chi connectivity index (χ0v) is 13.1. The molecule has 1 heterocycles. The first-order valence-corrected chi connectivity index (χ1v) is 7.81. The van der Waals surface area contributed by atoms with Crippen LogP contribution < -0.4 is 10.0 Å². The topological polar surface area (TPSA) is 56.0 Å². The number of benzene rings is 2. The van der Waals surface area contributed by atoms with Gasteiger partial charge in [0.15, 0.2) is 12.4 Å². The molecule has 1 N–H and O–H groups in total. The van der Waals surface area contributed by atoms with E-state index in [0.717, 1.165) is 11.1 Å². The summed E-state index contributed by atoms with van der Waals surface area (Å²) < 4.78 is 0.662. The number of pyridine rings is 1. The van der Waals surface area contributed by atoms with Gasteiger partial charge in [-0.1, -0.05) is 60.7 Å². The van der Waals surface area contributed by atoms with Crippen LogP contribution in [0.2, 0.25) is 0 Å². The second-order valence-corrected chi connectivity index (χ2v) is 5.57. The summed E-state index contributed by atoms with van der Waals surface area (Å²) in [6.07, 6.45) is 3.35. The summed E-state index contributed by atoms with van der Waals surface area (Å²) in [4.78, 5) is 12.5. The molecule has 1 atom stereocenters. The lowest BCUT2D eigenvalue weighted by atomic mass is 9.98. The summed E-state index contributed by atoms with van der Waals surface area (Å²) in [5.41, 5.74) is 2.66. The van der Waals surface area contributed by atoms with Crippen molar-refractivity contribution >= 4 is 5.91 Å². The average molecular weight is 318 g/mol. The smallest absolute Gasteiger partial charge is 0.252 e. The van der Waals surface area contributed by atoms with E-state index in [0.29, 0.717) is 16.7 Å². The van der Waals surface area contributed by atoms with Crippen LogP contribution in [0.5, 0.6) is 0 Å². The lowest BCUT2D eigenvalue weighted by Crippen LogP contribution is -2.31. The number of carbonyl (C=O) groups is 1. The zero-order chi connectivity index (χ0) is 16.8. The number of nitrogens with one attached hydrogen (secondary N) is 1. The van der Waals surface area contributed by atoms with Crippen LogP contribution in [0, 0.1) is 5.21 Å². The van der Waals surface area contributed by atoms with Crippen LogP contribution in [0.25, 0.3) is 0 Å². The molecule has 1 aromatic heterocycles. The minimum atomic E-state index is -0.194. The fourth-order valence-electron chi connectivity index (χ4n) is 2.59. The molecule has 2 aromatic carbocycles. The fourth-order valence-corrected chi connectivity index (χ4v) is 2.59. The molecular weight excluding hydrogens is 300 g/mol. The highest BCUT2D eigenvalue weighted by atomic mass is 16.5. The summed E-state index contributed by atoms with van der Waals surface area (Å²) >= 11 is 0. The fraction of sp³-hybridized carbons (Fsp3) is 0.100. The molecule has 1 amide bonds. The van der Waals surface area contributed by atoms with Crippen molar-refractivity contribution < 1.29 is 9.52 Å². The molecule has 24 heavy (non-hydrogen) atoms. The monoisotopic (exact) mass is 318 g/mol. The SMILES string of the molecule is O=C(NC(Cc1ccccc1)c1ccccc1)c1cc[n+]([O-])cc1. The van der Waals surface area contributed by atoms with E-state index in [1.165, 1.54) is 24.5 Å². The van der Waals surface area contributed by atoms with Crippen molar-refractivity contribution in [2.75, 3.05) is 0 Å². The van der Waals surface area contributed by atoms with E-state index in [-0.39, 0.29) is 11.9 Å². The Morgan fingerprint density at radius 3 is 2.12 bits per heavy atom. The van der Waals surface area contributed by atoms with Gasteiger partial charge in [-0.05, 0) is 17.5 Å². The van der Waals surface area contributed by atoms with E-state index in [9.17, 15) is 10.0 Å². The summed E-state index contributed by atoms with van der Waals surface area (Å²) in [6, 6.07) is 22.8. The first-order valence-electron chi connectivity index (χ1n) is 7.81. The maximum absolute atomic E-state index is 12.5. The van der Waals surface area contributed by atoms with Crippen molar-refractivity contribution in [2.24, 2.45) is 0 Å². The van der Waals surface area contributed by atoms with E-state index in [2.05, 4.69) is 5.32 Å². The molecule has 120 valence electrons. The molecule has 0 fully saturated rings. The van der Waals surface area contributed by atoms with Gasteiger partial charge in [-0.15, -0.1) is 0 Å². The van der Waals surface area contributed by atoms with E-state index in [4.69, 9.17) is 0 Å². The Balaban J connectivity index is 1.82. The Bertz CT molecular complexity index is 787. The number of hydrogen-bond donors (Lipinski definition) is 1. The maximum Gasteiger partial charge on any atom is 0.252 e. The predicted molar refractivity (Wildman–Crippen MR) is 92.2 cm³/mol. The number of nitrogens with zero attached hydrogens (tertiary/aromatic N) is 1. The summed E-state index contributed by atoms with van der Waals surface area (Å²) in [6.45, 7) is 0. The Hall–Kier alpha value is -3.14. The van der Waals surface area contributed by atoms with Gasteiger partial charge in [-0.3, -0.25) is 4.79 Å². The van der Waals surface area contributed by atoms with Gasteiger partial charge in [0.05, 0.1) is 11.6 Å². The third-order valence-electron chi connectivity index (χ3n) is 3.85. The van der Waals surface area contributed by atoms with E-state index in [1.54, 1.807) is 0 Å². The molecule has 0 saturated heterocycles. The van der Waals surface area contributed by atoms with Gasteiger partial charge in [-0.2, -0.15) is 4.73 Å². The van der Waals surface area contributed by atoms with Crippen LogP contribution in [0.1, 0.15) is 27.5 Å². The van der Waals surface area contributed by atoms with Gasteiger partial charge in [-0.25, -0.2) is 0 Å². The second kappa shape index (κ2) is 7.42. The Labute approximate surface area is 141 Å². The standard InChI is InChI=1S/C20H18N2O2/c23-20(18-11-13-22(24)14-12-18)21-19(17-9-5-2-6-10-17)15-16-7-3-1-4-8-16/h1-14,19H,15H2,(H,21,23). The molecule has 0 spiro atoms. The first kappa shape index (κ1) is 15.7. The highest BCUT2D eigenvalue weighted by Gasteiger charge is 2.16. The van der Waals surface area contributed by atoms with Crippen LogP contribution in [0.3, 0.4) is 0 Å². The normalized spacial score (nSPS) is 11.7. The molecule has 3 aromatic rings. The number of carbonyl (C=O) groups excluding carboxylic acids is 1. The Morgan fingerprint density at radius 1 is 0.917 bits per heavy atom. The van der Waals surface area contributed by atoms with Crippen molar-refractivity contribution in [3.05, 3.63) is 107 Å². The van der Waals surface area contributed by atoms with E-state index in [1.807, 2.05) is 60.7 Å². The van der Waals surface area contributed by atoms with Crippen LogP contribution in [-0.2, 0) is 6.42 Å². The largest absolute Gasteiger partial charge is 0.619 e. The van der Waals surface area contributed by atoms with Crippen molar-refractivity contribution in [1.82, 2.24) is 5.32 Å². The van der Waals surface area contributed by atoms with Crippen molar-refractivity contribution in [3.8, 4) is 0 Å². The van der Waals surface area contributed by atoms with Crippen LogP contribution >= 0.6 is 0 Å². The molecule has 0 aliphatic heterocycles. The molecule has 4 nitrogen and oxygen atoms in total. The van der Waals surface area contributed by atoms with Gasteiger partial charge in [0.25, 0.3) is 5.91 Å². The third-order valence-corrected chi connectivity index (χ3v) is 3.85. The molecule has 0 radical (unpaired) electrons. The number of aromatic nitrogens is 1. The first-order chi connectivity index (χ1) is 11.7. The van der Waals surface area contributed by atoms with Crippen molar-refractivity contribution in [2.45, 2.75) is 12.5 Å². The highest BCUT2D eigenvalue weighted by molar-refractivity contribution is 5.94. The van der Waals surface area contributed by atoms with Gasteiger partial charge in [0, 0.05) is 12.1 Å². The van der Waals surface area contributed by atoms with Crippen LogP contribution in [-0.4, -0.2) is 5.91 Å². The van der Waals surface area contributed by atoms with Gasteiger partial charge in [0.2, 0.25) is 0 Å². The summed E-state index contributed by atoms with van der Waals surface area (Å²) in [7, 11) is 0. The van der Waals surface area contributed by atoms with Gasteiger partial charge in [0.1, 0.15) is 0 Å². The van der Waals surface area contributed by atoms with Crippen molar-refractivity contribution in [1.29, 1.82) is 0 Å². The minimum Gasteiger partial charge on any atom is -0.619 e. The number of hydrogen-bond acceptors (Lipinski definition) is 2. The maximum atomic E-state index is 12.5. The molecule has 4 heteroatoms. The molecular formula is C20H18N2O2. The lowest BCUT2D eigenvalue weighted by Gasteiger charge is -2.19. The minimum absolute atomic E-state index is 0.138. The third kappa shape index (κ3) is 3.98. The molecule has 0 saturated carbocycles. The molecule has 3 rings (SSSR count). The molecule has 1 unspecified atom stereocenters. The van der Waals surface area contributed by atoms with Crippen LogP contribution in [0.4, 0.5) is 0 Å². The lowest BCUT2D eigenvalue weighted by molar-refractivity contribution is -0.605. The molecule has 0 bridgehead atoms. The quantitative estimate of drug-likeness (QED) is 0.581. The van der Waals surface area contributed by atoms with Crippen molar-refractivity contribution in [3.63, 3.8) is 0 Å².